The Morgan fingerprint density at radius 1 is 1.13 bits per heavy atom. The van der Waals surface area contributed by atoms with Gasteiger partial charge in [0.1, 0.15) is 6.10 Å². The fourth-order valence-corrected chi connectivity index (χ4v) is 2.00. The summed E-state index contributed by atoms with van der Waals surface area (Å²) in [5.41, 5.74) is 1.98. The average molecular weight is 321 g/mol. The van der Waals surface area contributed by atoms with E-state index in [1.807, 2.05) is 45.0 Å². The number of benzene rings is 1. The molecule has 23 heavy (non-hydrogen) atoms. The first-order valence-corrected chi connectivity index (χ1v) is 7.88. The molecule has 1 aromatic carbocycles. The molecule has 2 atom stereocenters. The molecule has 0 radical (unpaired) electrons. The van der Waals surface area contributed by atoms with Crippen molar-refractivity contribution >= 4 is 11.9 Å². The largest absolute Gasteiger partial charge is 0.469 e. The van der Waals surface area contributed by atoms with E-state index in [1.165, 1.54) is 7.11 Å². The highest BCUT2D eigenvalue weighted by Crippen LogP contribution is 2.18. The number of rotatable bonds is 8. The smallest absolute Gasteiger partial charge is 0.307 e. The van der Waals surface area contributed by atoms with E-state index >= 15 is 0 Å². The van der Waals surface area contributed by atoms with Crippen molar-refractivity contribution < 1.29 is 19.1 Å². The molecule has 1 aromatic rings. The van der Waals surface area contributed by atoms with E-state index < -0.39 is 12.1 Å². The minimum Gasteiger partial charge on any atom is -0.469 e. The summed E-state index contributed by atoms with van der Waals surface area (Å²) in [7, 11) is 1.34. The second-order valence-corrected chi connectivity index (χ2v) is 6.12. The Labute approximate surface area is 138 Å². The number of esters is 1. The van der Waals surface area contributed by atoms with Crippen molar-refractivity contribution in [2.24, 2.45) is 5.92 Å². The van der Waals surface area contributed by atoms with E-state index in [1.54, 1.807) is 6.92 Å². The van der Waals surface area contributed by atoms with Crippen LogP contribution < -0.4 is 5.32 Å². The molecular weight excluding hydrogens is 294 g/mol. The monoisotopic (exact) mass is 321 g/mol. The molecule has 5 heteroatoms. The normalized spacial score (nSPS) is 13.5. The summed E-state index contributed by atoms with van der Waals surface area (Å²) in [6.45, 7) is 8.26. The summed E-state index contributed by atoms with van der Waals surface area (Å²) in [6.07, 6.45) is -0.481. The highest BCUT2D eigenvalue weighted by Gasteiger charge is 2.22. The molecule has 0 fully saturated rings. The van der Waals surface area contributed by atoms with Crippen LogP contribution in [-0.4, -0.2) is 31.7 Å². The molecule has 0 saturated heterocycles. The van der Waals surface area contributed by atoms with Gasteiger partial charge in [0.05, 0.1) is 19.6 Å². The Morgan fingerprint density at radius 2 is 1.74 bits per heavy atom. The molecule has 0 aliphatic heterocycles. The summed E-state index contributed by atoms with van der Waals surface area (Å²) in [5.74, 6) is -0.250. The predicted molar refractivity (Wildman–Crippen MR) is 88.9 cm³/mol. The Bertz CT molecular complexity index is 510. The van der Waals surface area contributed by atoms with E-state index in [0.29, 0.717) is 12.5 Å². The first-order valence-electron chi connectivity index (χ1n) is 7.88. The van der Waals surface area contributed by atoms with Crippen LogP contribution in [-0.2, 0) is 19.1 Å². The number of carbonyl (C=O) groups excluding carboxylic acids is 2. The van der Waals surface area contributed by atoms with Crippen LogP contribution in [0.3, 0.4) is 0 Å². The van der Waals surface area contributed by atoms with Crippen LogP contribution in [0.1, 0.15) is 44.4 Å². The fourth-order valence-electron chi connectivity index (χ4n) is 2.00. The van der Waals surface area contributed by atoms with Crippen molar-refractivity contribution in [1.29, 1.82) is 0 Å². The van der Waals surface area contributed by atoms with Gasteiger partial charge in [-0.15, -0.1) is 0 Å². The number of amides is 1. The summed E-state index contributed by atoms with van der Waals surface area (Å²) in [4.78, 5) is 23.9. The highest BCUT2D eigenvalue weighted by atomic mass is 16.5. The van der Waals surface area contributed by atoms with Gasteiger partial charge in [0.2, 0.25) is 5.91 Å². The van der Waals surface area contributed by atoms with Gasteiger partial charge in [0.15, 0.2) is 0 Å². The molecule has 1 rings (SSSR count). The van der Waals surface area contributed by atoms with Crippen molar-refractivity contribution in [3.63, 3.8) is 0 Å². The molecule has 0 aromatic heterocycles. The standard InChI is InChI=1S/C18H27NO4/c1-12(2)11-23-14(4)18(21)19-16(10-17(20)22-5)15-8-6-13(3)7-9-15/h6-9,12,14,16H,10-11H2,1-5H3,(H,19,21)/t14-,16-/m0/s1. The molecule has 0 saturated carbocycles. The number of nitrogens with one attached hydrogen (secondary N) is 1. The lowest BCUT2D eigenvalue weighted by Gasteiger charge is -2.21. The summed E-state index contributed by atoms with van der Waals surface area (Å²) >= 11 is 0. The fraction of sp³-hybridized carbons (Fsp3) is 0.556. The van der Waals surface area contributed by atoms with E-state index in [0.717, 1.165) is 11.1 Å². The maximum Gasteiger partial charge on any atom is 0.307 e. The van der Waals surface area contributed by atoms with Gasteiger partial charge >= 0.3 is 5.97 Å². The quantitative estimate of drug-likeness (QED) is 0.748. The molecule has 0 bridgehead atoms. The second kappa shape index (κ2) is 9.30. The number of methoxy groups -OCH3 is 1. The van der Waals surface area contributed by atoms with E-state index in [-0.39, 0.29) is 18.3 Å². The second-order valence-electron chi connectivity index (χ2n) is 6.12. The molecule has 1 amide bonds. The number of hydrogen-bond acceptors (Lipinski definition) is 4. The lowest BCUT2D eigenvalue weighted by atomic mass is 10.0. The van der Waals surface area contributed by atoms with Crippen molar-refractivity contribution in [2.45, 2.75) is 46.3 Å². The van der Waals surface area contributed by atoms with Gasteiger partial charge < -0.3 is 14.8 Å². The van der Waals surface area contributed by atoms with E-state index in [2.05, 4.69) is 5.32 Å². The highest BCUT2D eigenvalue weighted by molar-refractivity contribution is 5.81. The van der Waals surface area contributed by atoms with Gasteiger partial charge in [-0.25, -0.2) is 0 Å². The van der Waals surface area contributed by atoms with Crippen LogP contribution in [0.25, 0.3) is 0 Å². The third-order valence-corrected chi connectivity index (χ3v) is 3.44. The lowest BCUT2D eigenvalue weighted by Crippen LogP contribution is -2.38. The summed E-state index contributed by atoms with van der Waals surface area (Å²) in [6, 6.07) is 7.28. The Kier molecular flexibility index (Phi) is 7.75. The maximum atomic E-state index is 12.3. The van der Waals surface area contributed by atoms with Gasteiger partial charge in [-0.3, -0.25) is 9.59 Å². The third kappa shape index (κ3) is 6.82. The Hall–Kier alpha value is -1.88. The zero-order chi connectivity index (χ0) is 17.4. The van der Waals surface area contributed by atoms with Gasteiger partial charge in [0, 0.05) is 6.61 Å². The molecule has 0 unspecified atom stereocenters. The zero-order valence-corrected chi connectivity index (χ0v) is 14.6. The lowest BCUT2D eigenvalue weighted by molar-refractivity contribution is -0.141. The first kappa shape index (κ1) is 19.2. The van der Waals surface area contributed by atoms with E-state index in [4.69, 9.17) is 9.47 Å². The molecule has 0 aliphatic carbocycles. The van der Waals surface area contributed by atoms with Crippen LogP contribution in [0, 0.1) is 12.8 Å². The van der Waals surface area contributed by atoms with Gasteiger partial charge in [-0.2, -0.15) is 0 Å². The first-order chi connectivity index (χ1) is 10.8. The van der Waals surface area contributed by atoms with Crippen molar-refractivity contribution in [1.82, 2.24) is 5.32 Å². The summed E-state index contributed by atoms with van der Waals surface area (Å²) in [5, 5.41) is 2.88. The molecular formula is C18H27NO4. The third-order valence-electron chi connectivity index (χ3n) is 3.44. The molecule has 5 nitrogen and oxygen atoms in total. The number of carbonyl (C=O) groups is 2. The van der Waals surface area contributed by atoms with Crippen molar-refractivity contribution in [3.05, 3.63) is 35.4 Å². The minimum atomic E-state index is -0.567. The number of hydrogen-bond donors (Lipinski definition) is 1. The molecule has 128 valence electrons. The van der Waals surface area contributed by atoms with Crippen LogP contribution in [0.4, 0.5) is 0 Å². The zero-order valence-electron chi connectivity index (χ0n) is 14.6. The van der Waals surface area contributed by atoms with Gasteiger partial charge in [0.25, 0.3) is 0 Å². The average Bonchev–Trinajstić information content (AvgIpc) is 2.52. The predicted octanol–water partition coefficient (Wildman–Crippen LogP) is 2.78. The topological polar surface area (TPSA) is 64.6 Å². The molecule has 0 heterocycles. The van der Waals surface area contributed by atoms with Crippen LogP contribution in [0.5, 0.6) is 0 Å². The summed E-state index contributed by atoms with van der Waals surface area (Å²) < 4.78 is 10.2. The van der Waals surface area contributed by atoms with Gasteiger partial charge in [-0.1, -0.05) is 43.7 Å². The number of aryl methyl sites for hydroxylation is 1. The molecule has 0 spiro atoms. The van der Waals surface area contributed by atoms with Gasteiger partial charge in [-0.05, 0) is 25.3 Å². The van der Waals surface area contributed by atoms with Crippen molar-refractivity contribution in [3.8, 4) is 0 Å². The molecule has 1 N–H and O–H groups in total. The van der Waals surface area contributed by atoms with Crippen LogP contribution in [0.15, 0.2) is 24.3 Å². The Balaban J connectivity index is 2.78. The minimum absolute atomic E-state index is 0.0855. The van der Waals surface area contributed by atoms with Crippen LogP contribution >= 0.6 is 0 Å². The van der Waals surface area contributed by atoms with E-state index in [9.17, 15) is 9.59 Å². The maximum absolute atomic E-state index is 12.3. The van der Waals surface area contributed by atoms with Crippen molar-refractivity contribution in [2.75, 3.05) is 13.7 Å². The van der Waals surface area contributed by atoms with Crippen LogP contribution in [0.2, 0.25) is 0 Å². The SMILES string of the molecule is COC(=O)C[C@H](NC(=O)[C@H](C)OCC(C)C)c1ccc(C)cc1. The number of ether oxygens (including phenoxy) is 2. The Morgan fingerprint density at radius 3 is 2.26 bits per heavy atom. The molecule has 0 aliphatic rings.